The summed E-state index contributed by atoms with van der Waals surface area (Å²) in [6.45, 7) is 4.39. The Hall–Kier alpha value is -1.82. The number of amidine groups is 1. The Balaban J connectivity index is 1.74. The third-order valence-electron chi connectivity index (χ3n) is 3.44. The van der Waals surface area contributed by atoms with E-state index in [0.717, 1.165) is 23.0 Å². The fraction of sp³-hybridized carbons (Fsp3) is 0.400. The minimum absolute atomic E-state index is 0.328. The topological polar surface area (TPSA) is 70.6 Å². The molecule has 2 amide bonds. The highest BCUT2D eigenvalue weighted by atomic mass is 32.2. The summed E-state index contributed by atoms with van der Waals surface area (Å²) in [6, 6.07) is 5.53. The standard InChI is InChI=1S/C15H17N3O2S/c1-8(2)5-10-7-21-15(17-10)16-9-3-4-11-12(6-9)14(20)18-13(11)19/h3-4,6,8,10H,5,7H2,1-2H3,(H,16,17)(H,18,19,20). The van der Waals surface area contributed by atoms with Crippen molar-refractivity contribution in [2.45, 2.75) is 26.3 Å². The molecule has 110 valence electrons. The first-order chi connectivity index (χ1) is 10.0. The van der Waals surface area contributed by atoms with Crippen molar-refractivity contribution in [1.29, 1.82) is 0 Å². The fourth-order valence-corrected chi connectivity index (χ4v) is 3.49. The van der Waals surface area contributed by atoms with E-state index in [1.807, 2.05) is 0 Å². The molecule has 2 aliphatic heterocycles. The largest absolute Gasteiger partial charge is 0.335 e. The lowest BCUT2D eigenvalue weighted by atomic mass is 10.1. The van der Waals surface area contributed by atoms with E-state index in [0.29, 0.717) is 23.1 Å². The Kier molecular flexibility index (Phi) is 3.71. The Morgan fingerprint density at radius 1 is 1.33 bits per heavy atom. The fourth-order valence-electron chi connectivity index (χ4n) is 2.52. The molecule has 1 aromatic carbocycles. The van der Waals surface area contributed by atoms with Crippen molar-refractivity contribution in [3.05, 3.63) is 29.3 Å². The van der Waals surface area contributed by atoms with Crippen LogP contribution in [0, 0.1) is 5.92 Å². The first kappa shape index (κ1) is 14.1. The third-order valence-corrected chi connectivity index (χ3v) is 4.48. The van der Waals surface area contributed by atoms with Gasteiger partial charge >= 0.3 is 0 Å². The smallest absolute Gasteiger partial charge is 0.259 e. The highest BCUT2D eigenvalue weighted by Crippen LogP contribution is 2.26. The molecule has 2 N–H and O–H groups in total. The van der Waals surface area contributed by atoms with E-state index in [1.54, 1.807) is 30.0 Å². The van der Waals surface area contributed by atoms with Crippen molar-refractivity contribution >= 4 is 34.4 Å². The summed E-state index contributed by atoms with van der Waals surface area (Å²) < 4.78 is 0. The van der Waals surface area contributed by atoms with Crippen LogP contribution in [0.15, 0.2) is 23.2 Å². The molecule has 0 spiro atoms. The summed E-state index contributed by atoms with van der Waals surface area (Å²) in [6.07, 6.45) is 1.08. The molecule has 2 heterocycles. The van der Waals surface area contributed by atoms with E-state index in [-0.39, 0.29) is 11.8 Å². The van der Waals surface area contributed by atoms with Crippen LogP contribution < -0.4 is 10.6 Å². The normalized spacial score (nSPS) is 20.5. The van der Waals surface area contributed by atoms with Crippen LogP contribution in [0.1, 0.15) is 41.0 Å². The van der Waals surface area contributed by atoms with Gasteiger partial charge in [0, 0.05) is 11.4 Å². The van der Waals surface area contributed by atoms with Crippen molar-refractivity contribution in [2.24, 2.45) is 10.9 Å². The van der Waals surface area contributed by atoms with Crippen LogP contribution in [0.5, 0.6) is 0 Å². The van der Waals surface area contributed by atoms with Crippen LogP contribution in [0.25, 0.3) is 0 Å². The number of benzene rings is 1. The molecule has 0 bridgehead atoms. The molecule has 0 radical (unpaired) electrons. The first-order valence-corrected chi connectivity index (χ1v) is 7.99. The van der Waals surface area contributed by atoms with Gasteiger partial charge in [0.15, 0.2) is 5.17 Å². The van der Waals surface area contributed by atoms with Gasteiger partial charge in [-0.25, -0.2) is 0 Å². The molecule has 0 fully saturated rings. The quantitative estimate of drug-likeness (QED) is 0.842. The number of nitrogens with one attached hydrogen (secondary N) is 2. The number of anilines is 1. The van der Waals surface area contributed by atoms with Crippen LogP contribution in [-0.4, -0.2) is 28.8 Å². The molecule has 0 saturated heterocycles. The Bertz CT molecular complexity index is 640. The summed E-state index contributed by atoms with van der Waals surface area (Å²) in [5, 5.41) is 6.40. The van der Waals surface area contributed by atoms with Gasteiger partial charge in [-0.2, -0.15) is 0 Å². The second-order valence-electron chi connectivity index (χ2n) is 5.70. The zero-order chi connectivity index (χ0) is 15.0. The van der Waals surface area contributed by atoms with Gasteiger partial charge in [-0.15, -0.1) is 0 Å². The molecule has 5 nitrogen and oxygen atoms in total. The summed E-state index contributed by atoms with van der Waals surface area (Å²) in [4.78, 5) is 27.8. The summed E-state index contributed by atoms with van der Waals surface area (Å²) in [5.41, 5.74) is 1.65. The minimum Gasteiger partial charge on any atom is -0.335 e. The number of rotatable bonds is 3. The van der Waals surface area contributed by atoms with Gasteiger partial charge in [0.05, 0.1) is 17.2 Å². The number of hydrogen-bond donors (Lipinski definition) is 2. The SMILES string of the molecule is CC(C)CC1CSC(Nc2ccc3c(c2)C(=O)NC3=O)=N1. The second-order valence-corrected chi connectivity index (χ2v) is 6.71. The van der Waals surface area contributed by atoms with Crippen LogP contribution in [0.2, 0.25) is 0 Å². The Morgan fingerprint density at radius 3 is 2.86 bits per heavy atom. The highest BCUT2D eigenvalue weighted by molar-refractivity contribution is 8.14. The lowest BCUT2D eigenvalue weighted by Crippen LogP contribution is -2.19. The van der Waals surface area contributed by atoms with Crippen molar-refractivity contribution in [2.75, 3.05) is 11.1 Å². The lowest BCUT2D eigenvalue weighted by Gasteiger charge is -2.07. The molecular formula is C15H17N3O2S. The van der Waals surface area contributed by atoms with E-state index in [9.17, 15) is 9.59 Å². The highest BCUT2D eigenvalue weighted by Gasteiger charge is 2.27. The Morgan fingerprint density at radius 2 is 2.10 bits per heavy atom. The van der Waals surface area contributed by atoms with E-state index >= 15 is 0 Å². The molecule has 3 rings (SSSR count). The number of imide groups is 1. The zero-order valence-electron chi connectivity index (χ0n) is 12.0. The summed E-state index contributed by atoms with van der Waals surface area (Å²) >= 11 is 1.69. The second kappa shape index (κ2) is 5.52. The van der Waals surface area contributed by atoms with Crippen LogP contribution >= 0.6 is 11.8 Å². The van der Waals surface area contributed by atoms with Gasteiger partial charge in [0.25, 0.3) is 11.8 Å². The molecule has 6 heteroatoms. The van der Waals surface area contributed by atoms with E-state index in [1.165, 1.54) is 0 Å². The number of carbonyl (C=O) groups is 2. The molecule has 1 unspecified atom stereocenters. The molecule has 1 aromatic rings. The van der Waals surface area contributed by atoms with Gasteiger partial charge in [-0.3, -0.25) is 19.9 Å². The number of amides is 2. The van der Waals surface area contributed by atoms with E-state index in [2.05, 4.69) is 29.5 Å². The number of fused-ring (bicyclic) bond motifs is 1. The molecule has 0 aliphatic carbocycles. The monoisotopic (exact) mass is 303 g/mol. The van der Waals surface area contributed by atoms with Gasteiger partial charge in [0.1, 0.15) is 0 Å². The van der Waals surface area contributed by atoms with Crippen LogP contribution in [0.4, 0.5) is 5.69 Å². The molecule has 0 aromatic heterocycles. The maximum atomic E-state index is 11.6. The molecule has 0 saturated carbocycles. The third kappa shape index (κ3) is 2.95. The number of thioether (sulfide) groups is 1. The van der Waals surface area contributed by atoms with Crippen LogP contribution in [-0.2, 0) is 0 Å². The number of hydrogen-bond acceptors (Lipinski definition) is 5. The summed E-state index contributed by atoms with van der Waals surface area (Å²) in [5.74, 6) is 0.960. The molecule has 1 atom stereocenters. The van der Waals surface area contributed by atoms with Gasteiger partial charge in [0.2, 0.25) is 0 Å². The maximum absolute atomic E-state index is 11.6. The first-order valence-electron chi connectivity index (χ1n) is 7.00. The van der Waals surface area contributed by atoms with Gasteiger partial charge in [-0.1, -0.05) is 25.6 Å². The average molecular weight is 303 g/mol. The van der Waals surface area contributed by atoms with E-state index in [4.69, 9.17) is 0 Å². The van der Waals surface area contributed by atoms with Crippen molar-refractivity contribution < 1.29 is 9.59 Å². The van der Waals surface area contributed by atoms with Crippen molar-refractivity contribution in [3.63, 3.8) is 0 Å². The van der Waals surface area contributed by atoms with Crippen LogP contribution in [0.3, 0.4) is 0 Å². The lowest BCUT2D eigenvalue weighted by molar-refractivity contribution is 0.0879. The Labute approximate surface area is 127 Å². The molecular weight excluding hydrogens is 286 g/mol. The summed E-state index contributed by atoms with van der Waals surface area (Å²) in [7, 11) is 0. The predicted octanol–water partition coefficient (Wildman–Crippen LogP) is 2.50. The number of aliphatic imine (C=N–C) groups is 1. The number of carbonyl (C=O) groups excluding carboxylic acids is 2. The average Bonchev–Trinajstić information content (AvgIpc) is 2.95. The van der Waals surface area contributed by atoms with E-state index < -0.39 is 0 Å². The predicted molar refractivity (Wildman–Crippen MR) is 85.0 cm³/mol. The molecule has 21 heavy (non-hydrogen) atoms. The van der Waals surface area contributed by atoms with Crippen molar-refractivity contribution in [3.8, 4) is 0 Å². The van der Waals surface area contributed by atoms with Crippen molar-refractivity contribution in [1.82, 2.24) is 5.32 Å². The number of nitrogens with zero attached hydrogens (tertiary/aromatic N) is 1. The van der Waals surface area contributed by atoms with Gasteiger partial charge in [-0.05, 0) is 30.5 Å². The maximum Gasteiger partial charge on any atom is 0.259 e. The van der Waals surface area contributed by atoms with Gasteiger partial charge < -0.3 is 5.32 Å². The molecule has 2 aliphatic rings. The minimum atomic E-state index is -0.336. The zero-order valence-corrected chi connectivity index (χ0v) is 12.8.